The molecule has 0 aromatic heterocycles. The number of unbranched alkanes of at least 4 members (excludes halogenated alkanes) is 11. The first kappa shape index (κ1) is 107. The Morgan fingerprint density at radius 3 is 1.08 bits per heavy atom. The Kier molecular flexibility index (Phi) is 56.5. The Labute approximate surface area is 673 Å². The summed E-state index contributed by atoms with van der Waals surface area (Å²) in [5.74, 6) is -2.20. The van der Waals surface area contributed by atoms with Crippen molar-refractivity contribution in [1.29, 1.82) is 0 Å². The Bertz CT molecular complexity index is 2530. The molecule has 2 aliphatic heterocycles. The number of nitrogens with one attached hydrogen (secondary N) is 3. The molecule has 12 unspecified atom stereocenters. The summed E-state index contributed by atoms with van der Waals surface area (Å²) in [6.07, 6.45) is -4.25. The van der Waals surface area contributed by atoms with Gasteiger partial charge in [0.25, 0.3) is 0 Å². The van der Waals surface area contributed by atoms with Crippen molar-refractivity contribution in [2.45, 2.75) is 241 Å². The van der Waals surface area contributed by atoms with Crippen molar-refractivity contribution in [2.75, 3.05) is 166 Å². The van der Waals surface area contributed by atoms with Crippen molar-refractivity contribution >= 4 is 49.0 Å². The van der Waals surface area contributed by atoms with Crippen molar-refractivity contribution < 1.29 is 187 Å². The predicted octanol–water partition coefficient (Wildman–Crippen LogP) is 1.18. The largest absolute Gasteiger partial charge is 0.472 e. The van der Waals surface area contributed by atoms with Crippen LogP contribution in [0.25, 0.3) is 0 Å². The molecule has 0 spiro atoms. The molecule has 3 amide bonds. The number of aliphatic hydroxyl groups excluding tert-OH is 10. The Balaban J connectivity index is 1.63. The van der Waals surface area contributed by atoms with Crippen LogP contribution < -0.4 is 16.0 Å². The lowest BCUT2D eigenvalue weighted by atomic mass is 9.79. The first-order chi connectivity index (χ1) is 54.8. The van der Waals surface area contributed by atoms with E-state index in [-0.39, 0.29) is 170 Å². The monoisotopic (exact) mass is 1750 g/mol. The minimum absolute atomic E-state index is 0.00198. The van der Waals surface area contributed by atoms with Crippen molar-refractivity contribution in [2.24, 2.45) is 17.3 Å². The first-order valence-corrected chi connectivity index (χ1v) is 45.5. The Morgan fingerprint density at radius 1 is 0.383 bits per heavy atom. The smallest absolute Gasteiger partial charge is 0.396 e. The highest BCUT2D eigenvalue weighted by atomic mass is 31.2. The second kappa shape index (κ2) is 60.6. The molecule has 680 valence electrons. The maximum atomic E-state index is 13.6. The normalized spacial score (nSPS) is 26.9. The van der Waals surface area contributed by atoms with E-state index in [9.17, 15) is 103 Å². The minimum Gasteiger partial charge on any atom is -0.396 e. The van der Waals surface area contributed by atoms with E-state index in [0.29, 0.717) is 83.7 Å². The molecule has 46 heteroatoms. The zero-order valence-electron chi connectivity index (χ0n) is 66.8. The molecule has 115 heavy (non-hydrogen) atoms. The lowest BCUT2D eigenvalue weighted by Crippen LogP contribution is -2.64. The highest BCUT2D eigenvalue weighted by molar-refractivity contribution is 7.48. The molecule has 2 heterocycles. The second-order valence-electron chi connectivity index (χ2n) is 28.7. The topological polar surface area (TPSA) is 605 Å². The van der Waals surface area contributed by atoms with Gasteiger partial charge in [0.05, 0.1) is 116 Å². The van der Waals surface area contributed by atoms with E-state index < -0.39 is 166 Å². The number of carbonyl (C=O) groups excluding carboxylic acids is 3. The third-order valence-corrected chi connectivity index (χ3v) is 22.6. The van der Waals surface area contributed by atoms with Gasteiger partial charge in [0, 0.05) is 106 Å². The van der Waals surface area contributed by atoms with E-state index in [0.717, 1.165) is 25.7 Å². The van der Waals surface area contributed by atoms with Crippen molar-refractivity contribution in [3.05, 3.63) is 0 Å². The number of methoxy groups -OCH3 is 1. The number of hydrogen-bond acceptors (Lipinski definition) is 35. The molecule has 0 aromatic rings. The van der Waals surface area contributed by atoms with Gasteiger partial charge in [-0.25, -0.2) is 18.3 Å². The van der Waals surface area contributed by atoms with E-state index >= 15 is 0 Å². The SMILES string of the molecule is COCCCCCC(CO)COCCCOP(=O)(O)OCC(COCCCOP(=O)(O)OCCCCCCO[C@@H]1OC(CO)[C@H](O)[C@H](O)C1NC(C)=O)(COCCCOP(=O)(O)OCCCCCCO[C@@H]1OC(CO)[C@H](O)C(O)[C@@H]1NC(C)=O)COCCCOP(=O)(O)OCCCCCCO[C@@H]1CC(CO)[C@H](O)C(O)[C@@H]1NC(C)=O. The number of aliphatic hydroxyl groups is 10. The average Bonchev–Trinajstić information content (AvgIpc) is 0.816. The van der Waals surface area contributed by atoms with Crippen LogP contribution in [0.3, 0.4) is 0 Å². The number of phosphoric ester groups is 4. The number of amides is 3. The summed E-state index contributed by atoms with van der Waals surface area (Å²) >= 11 is 0. The van der Waals surface area contributed by atoms with Gasteiger partial charge in [-0.15, -0.1) is 0 Å². The van der Waals surface area contributed by atoms with Gasteiger partial charge in [0.15, 0.2) is 12.6 Å². The molecule has 0 radical (unpaired) electrons. The lowest BCUT2D eigenvalue weighted by molar-refractivity contribution is -0.270. The maximum absolute atomic E-state index is 13.6. The summed E-state index contributed by atoms with van der Waals surface area (Å²) in [6, 6.07) is -3.09. The number of carbonyl (C=O) groups is 3. The highest BCUT2D eigenvalue weighted by Gasteiger charge is 2.48. The van der Waals surface area contributed by atoms with Crippen LogP contribution in [-0.2, 0) is 116 Å². The van der Waals surface area contributed by atoms with Gasteiger partial charge in [0.2, 0.25) is 17.7 Å². The van der Waals surface area contributed by atoms with Crippen LogP contribution in [0.2, 0.25) is 0 Å². The molecule has 17 N–H and O–H groups in total. The van der Waals surface area contributed by atoms with Crippen LogP contribution in [0.4, 0.5) is 0 Å². The summed E-state index contributed by atoms with van der Waals surface area (Å²) in [7, 11) is -17.0. The minimum atomic E-state index is -4.88. The fraction of sp³-hybridized carbons (Fsp3) is 0.957. The third kappa shape index (κ3) is 46.4. The van der Waals surface area contributed by atoms with E-state index in [1.165, 1.54) is 20.8 Å². The number of phosphoric acid groups is 4. The van der Waals surface area contributed by atoms with E-state index in [1.807, 2.05) is 0 Å². The quantitative estimate of drug-likeness (QED) is 0.0300. The van der Waals surface area contributed by atoms with Crippen molar-refractivity contribution in [3.63, 3.8) is 0 Å². The summed E-state index contributed by atoms with van der Waals surface area (Å²) in [5, 5.41) is 109. The van der Waals surface area contributed by atoms with Crippen molar-refractivity contribution in [1.82, 2.24) is 16.0 Å². The van der Waals surface area contributed by atoms with Crippen LogP contribution in [-0.4, -0.2) is 340 Å². The molecule has 3 rings (SSSR count). The summed E-state index contributed by atoms with van der Waals surface area (Å²) in [5.41, 5.74) is -1.50. The van der Waals surface area contributed by atoms with Crippen molar-refractivity contribution in [3.8, 4) is 0 Å². The average molecular weight is 1750 g/mol. The highest BCUT2D eigenvalue weighted by Crippen LogP contribution is 2.47. The molecule has 3 fully saturated rings. The molecular formula is C69H135N3O39P4. The summed E-state index contributed by atoms with van der Waals surface area (Å²) in [6.45, 7) is -0.522. The van der Waals surface area contributed by atoms with Gasteiger partial charge < -0.3 is 134 Å². The van der Waals surface area contributed by atoms with Crippen LogP contribution in [0.1, 0.15) is 156 Å². The summed E-state index contributed by atoms with van der Waals surface area (Å²) < 4.78 is 152. The van der Waals surface area contributed by atoms with Gasteiger partial charge in [-0.05, 0) is 83.5 Å². The third-order valence-electron chi connectivity index (χ3n) is 18.6. The zero-order valence-corrected chi connectivity index (χ0v) is 70.4. The Hall–Kier alpha value is -1.95. The second-order valence-corrected chi connectivity index (χ2v) is 34.5. The molecule has 21 atom stereocenters. The van der Waals surface area contributed by atoms with E-state index in [2.05, 4.69) is 16.0 Å². The predicted molar refractivity (Wildman–Crippen MR) is 405 cm³/mol. The van der Waals surface area contributed by atoms with Gasteiger partial charge in [0.1, 0.15) is 54.8 Å². The fourth-order valence-corrected chi connectivity index (χ4v) is 15.6. The van der Waals surface area contributed by atoms with E-state index in [1.54, 1.807) is 7.11 Å². The number of ether oxygens (including phenoxy) is 10. The van der Waals surface area contributed by atoms with Crippen LogP contribution in [0.5, 0.6) is 0 Å². The first-order valence-electron chi connectivity index (χ1n) is 39.5. The van der Waals surface area contributed by atoms with Gasteiger partial charge in [-0.1, -0.05) is 51.4 Å². The molecule has 0 aromatic carbocycles. The molecule has 1 saturated carbocycles. The molecule has 3 aliphatic rings. The molecule has 0 bridgehead atoms. The summed E-state index contributed by atoms with van der Waals surface area (Å²) in [4.78, 5) is 77.8. The molecule has 42 nitrogen and oxygen atoms in total. The van der Waals surface area contributed by atoms with Gasteiger partial charge in [-0.3, -0.25) is 50.6 Å². The molecular weight excluding hydrogens is 1620 g/mol. The van der Waals surface area contributed by atoms with Gasteiger partial charge >= 0.3 is 31.3 Å². The lowest BCUT2D eigenvalue weighted by Gasteiger charge is -2.42. The molecule has 2 saturated heterocycles. The number of rotatable bonds is 71. The van der Waals surface area contributed by atoms with Gasteiger partial charge in [-0.2, -0.15) is 0 Å². The van der Waals surface area contributed by atoms with Crippen LogP contribution in [0.15, 0.2) is 0 Å². The van der Waals surface area contributed by atoms with E-state index in [4.69, 9.17) is 83.6 Å². The zero-order chi connectivity index (χ0) is 85.1. The number of hydrogen-bond donors (Lipinski definition) is 17. The molecule has 1 aliphatic carbocycles. The van der Waals surface area contributed by atoms with Crippen LogP contribution >= 0.6 is 31.3 Å². The maximum Gasteiger partial charge on any atom is 0.472 e. The fourth-order valence-electron chi connectivity index (χ4n) is 12.3. The van der Waals surface area contributed by atoms with Crippen LogP contribution in [0, 0.1) is 17.3 Å². The Morgan fingerprint density at radius 2 is 0.713 bits per heavy atom. The standard InChI is InChI=1S/C69H135N3O39P4/c1-50(77)70-58-55(40-54(42-74)61(80)64(58)83)99-30-14-5-8-17-33-102-112(86,87)105-37-21-27-96-46-69(49-109-115(92,93)108-36-20-26-95-45-53(41-73)24-12-11-13-25-94-4,47-97-28-22-38-106-113(88,89)103-34-18-9-6-15-31-100-67-59(71-51(2)78)65(84)62(81)56(43-75)110-67)48-98-29-23-39-107-114(90,91)104-35-19-10-7-16-32-101-68-60(72-52(3)79)66(85)63(82)57(44-76)111-68/h53-68,73-76,80-85H,5-49H2,1-4H3,(H,70,77)(H,71,78)(H,72,79)(H,86,87)(H,88,89)(H,90,91)(H,92,93)/t53?,54?,55-,56?,57?,58-,59+,60?,61+,62+,63+,64?,65?,66-,67-,68-,69?/m1/s1.